The maximum Gasteiger partial charge on any atom is 0.338 e. The highest BCUT2D eigenvalue weighted by Crippen LogP contribution is 2.33. The summed E-state index contributed by atoms with van der Waals surface area (Å²) in [6, 6.07) is 16.5. The van der Waals surface area contributed by atoms with Crippen molar-refractivity contribution in [3.63, 3.8) is 0 Å². The van der Waals surface area contributed by atoms with Gasteiger partial charge in [-0.05, 0) is 35.2 Å². The number of nitrogens with zero attached hydrogens (tertiary/aromatic N) is 2. The molecule has 2 aromatic heterocycles. The molecule has 0 aliphatic rings. The van der Waals surface area contributed by atoms with E-state index in [0.717, 1.165) is 11.1 Å². The molecule has 0 saturated carbocycles. The van der Waals surface area contributed by atoms with Crippen LogP contribution >= 0.6 is 11.3 Å². The lowest BCUT2D eigenvalue weighted by Crippen LogP contribution is -2.02. The molecule has 4 aromatic rings. The highest BCUT2D eigenvalue weighted by Gasteiger charge is 2.17. The first-order valence-electron chi connectivity index (χ1n) is 9.27. The molecule has 4 rings (SSSR count). The number of aromatic nitrogens is 1. The molecule has 2 aromatic carbocycles. The van der Waals surface area contributed by atoms with Crippen LogP contribution in [0.5, 0.6) is 11.5 Å². The third-order valence-electron chi connectivity index (χ3n) is 4.62. The van der Waals surface area contributed by atoms with E-state index in [-0.39, 0.29) is 18.0 Å². The van der Waals surface area contributed by atoms with Crippen LogP contribution in [0.2, 0.25) is 0 Å². The fraction of sp³-hybridized carbons (Fsp3) is 0.0870. The van der Waals surface area contributed by atoms with Crippen LogP contribution in [0.15, 0.2) is 60.1 Å². The lowest BCUT2D eigenvalue weighted by Gasteiger charge is -2.10. The number of rotatable bonds is 7. The average molecular weight is 431 g/mol. The fourth-order valence-corrected chi connectivity index (χ4v) is 4.11. The molecule has 0 atom stereocenters. The van der Waals surface area contributed by atoms with E-state index in [1.807, 2.05) is 35.7 Å². The van der Waals surface area contributed by atoms with Crippen molar-refractivity contribution in [3.05, 3.63) is 82.4 Å². The van der Waals surface area contributed by atoms with Crippen molar-refractivity contribution < 1.29 is 19.4 Å². The number of carbonyl (C=O) groups is 1. The van der Waals surface area contributed by atoms with Crippen molar-refractivity contribution in [3.8, 4) is 17.6 Å². The van der Waals surface area contributed by atoms with Crippen molar-refractivity contribution in [1.29, 1.82) is 5.26 Å². The number of nitrogen functional groups attached to an aromatic ring is 1. The molecule has 154 valence electrons. The van der Waals surface area contributed by atoms with Gasteiger partial charge in [0.05, 0.1) is 21.9 Å². The van der Waals surface area contributed by atoms with E-state index in [2.05, 4.69) is 11.1 Å². The van der Waals surface area contributed by atoms with Gasteiger partial charge in [0.1, 0.15) is 30.5 Å². The largest absolute Gasteiger partial charge is 0.489 e. The zero-order valence-corrected chi connectivity index (χ0v) is 17.1. The van der Waals surface area contributed by atoms with Gasteiger partial charge in [0.2, 0.25) is 0 Å². The van der Waals surface area contributed by atoms with Gasteiger partial charge >= 0.3 is 5.97 Å². The molecule has 0 amide bonds. The minimum Gasteiger partial charge on any atom is -0.489 e. The van der Waals surface area contributed by atoms with Crippen LogP contribution in [0.25, 0.3) is 10.1 Å². The minimum absolute atomic E-state index is 0.124. The van der Waals surface area contributed by atoms with E-state index in [1.54, 1.807) is 18.2 Å². The predicted molar refractivity (Wildman–Crippen MR) is 117 cm³/mol. The Kier molecular flexibility index (Phi) is 5.69. The zero-order valence-electron chi connectivity index (χ0n) is 16.2. The number of ether oxygens (including phenoxy) is 2. The van der Waals surface area contributed by atoms with Gasteiger partial charge < -0.3 is 20.3 Å². The molecule has 8 heteroatoms. The molecule has 0 bridgehead atoms. The molecule has 0 unspecified atom stereocenters. The smallest absolute Gasteiger partial charge is 0.338 e. The second-order valence-corrected chi connectivity index (χ2v) is 7.57. The maximum atomic E-state index is 11.4. The first-order chi connectivity index (χ1) is 15.0. The molecule has 2 heterocycles. The number of thiophene rings is 1. The summed E-state index contributed by atoms with van der Waals surface area (Å²) in [6.45, 7) is 0.582. The van der Waals surface area contributed by atoms with E-state index in [1.165, 1.54) is 17.5 Å². The van der Waals surface area contributed by atoms with Crippen molar-refractivity contribution in [1.82, 2.24) is 4.98 Å². The van der Waals surface area contributed by atoms with Crippen LogP contribution in [0.4, 0.5) is 5.82 Å². The summed E-state index contributed by atoms with van der Waals surface area (Å²) in [5, 5.41) is 20.7. The lowest BCUT2D eigenvalue weighted by atomic mass is 10.1. The molecule has 0 radical (unpaired) electrons. The second kappa shape index (κ2) is 8.73. The molecule has 31 heavy (non-hydrogen) atoms. The molecule has 0 aliphatic heterocycles. The van der Waals surface area contributed by atoms with Crippen LogP contribution in [-0.4, -0.2) is 16.1 Å². The second-order valence-electron chi connectivity index (χ2n) is 6.69. The number of hydrogen-bond acceptors (Lipinski definition) is 7. The number of nitrogens with two attached hydrogens (primary N) is 1. The molecular formula is C23H17N3O4S. The molecular weight excluding hydrogens is 414 g/mol. The standard InChI is InChI=1S/C23H17N3O4S/c24-9-14-4-6-15(7-5-14)11-29-17-2-1-3-18(8-17)30-12-16-13-31-21-19(23(27)28)10-26-22(25)20(16)21/h1-8,10,13H,11-12H2,(H2,25,26)(H,27,28). The normalized spacial score (nSPS) is 10.5. The summed E-state index contributed by atoms with van der Waals surface area (Å²) < 4.78 is 12.3. The Morgan fingerprint density at radius 3 is 2.52 bits per heavy atom. The number of anilines is 1. The monoisotopic (exact) mass is 431 g/mol. The number of carboxylic acids is 1. The number of fused-ring (bicyclic) bond motifs is 1. The van der Waals surface area contributed by atoms with Crippen LogP contribution in [0, 0.1) is 11.3 Å². The van der Waals surface area contributed by atoms with E-state index in [9.17, 15) is 9.90 Å². The van der Waals surface area contributed by atoms with Gasteiger partial charge in [-0.25, -0.2) is 9.78 Å². The van der Waals surface area contributed by atoms with Gasteiger partial charge in [0, 0.05) is 23.2 Å². The van der Waals surface area contributed by atoms with Gasteiger partial charge in [0.15, 0.2) is 0 Å². The Balaban J connectivity index is 1.45. The predicted octanol–water partition coefficient (Wildman–Crippen LogP) is 4.61. The van der Waals surface area contributed by atoms with Crippen molar-refractivity contribution in [2.75, 3.05) is 5.73 Å². The first-order valence-corrected chi connectivity index (χ1v) is 10.2. The van der Waals surface area contributed by atoms with Crippen molar-refractivity contribution in [2.45, 2.75) is 13.2 Å². The molecule has 0 aliphatic carbocycles. The van der Waals surface area contributed by atoms with Gasteiger partial charge in [-0.15, -0.1) is 11.3 Å². The summed E-state index contributed by atoms with van der Waals surface area (Å²) in [7, 11) is 0. The van der Waals surface area contributed by atoms with Crippen LogP contribution in [0.1, 0.15) is 27.0 Å². The molecule has 0 fully saturated rings. The highest BCUT2D eigenvalue weighted by molar-refractivity contribution is 7.17. The molecule has 7 nitrogen and oxygen atoms in total. The van der Waals surface area contributed by atoms with E-state index >= 15 is 0 Å². The summed E-state index contributed by atoms with van der Waals surface area (Å²) in [4.78, 5) is 15.4. The van der Waals surface area contributed by atoms with Crippen LogP contribution in [-0.2, 0) is 13.2 Å². The Morgan fingerprint density at radius 2 is 1.84 bits per heavy atom. The van der Waals surface area contributed by atoms with Gasteiger partial charge in [-0.2, -0.15) is 5.26 Å². The Morgan fingerprint density at radius 1 is 1.13 bits per heavy atom. The fourth-order valence-electron chi connectivity index (χ4n) is 3.05. The van der Waals surface area contributed by atoms with Gasteiger partial charge in [0.25, 0.3) is 0 Å². The summed E-state index contributed by atoms with van der Waals surface area (Å²) in [5.74, 6) is 0.488. The number of carboxylic acid groups (broad SMARTS) is 1. The average Bonchev–Trinajstić information content (AvgIpc) is 3.22. The van der Waals surface area contributed by atoms with Crippen molar-refractivity contribution >= 4 is 33.2 Å². The number of nitriles is 1. The Hall–Kier alpha value is -4.09. The Labute approximate surface area is 181 Å². The van der Waals surface area contributed by atoms with E-state index < -0.39 is 5.97 Å². The summed E-state index contributed by atoms with van der Waals surface area (Å²) >= 11 is 1.30. The molecule has 0 saturated heterocycles. The minimum atomic E-state index is -1.04. The number of aromatic carboxylic acids is 1. The third kappa shape index (κ3) is 4.42. The van der Waals surface area contributed by atoms with E-state index in [0.29, 0.717) is 33.8 Å². The van der Waals surface area contributed by atoms with Gasteiger partial charge in [-0.3, -0.25) is 0 Å². The lowest BCUT2D eigenvalue weighted by molar-refractivity contribution is 0.0699. The SMILES string of the molecule is N#Cc1ccc(COc2cccc(OCc3csc4c(C(=O)O)cnc(N)c34)c2)cc1. The van der Waals surface area contributed by atoms with Gasteiger partial charge in [-0.1, -0.05) is 18.2 Å². The third-order valence-corrected chi connectivity index (χ3v) is 5.68. The quantitative estimate of drug-likeness (QED) is 0.439. The first kappa shape index (κ1) is 20.2. The molecule has 3 N–H and O–H groups in total. The Bertz CT molecular complexity index is 1290. The number of hydrogen-bond donors (Lipinski definition) is 2. The van der Waals surface area contributed by atoms with E-state index in [4.69, 9.17) is 20.5 Å². The number of benzene rings is 2. The summed E-state index contributed by atoms with van der Waals surface area (Å²) in [6.07, 6.45) is 1.27. The zero-order chi connectivity index (χ0) is 21.8. The molecule has 0 spiro atoms. The topological polar surface area (TPSA) is 118 Å². The number of pyridine rings is 1. The van der Waals surface area contributed by atoms with Crippen LogP contribution in [0.3, 0.4) is 0 Å². The maximum absolute atomic E-state index is 11.4. The van der Waals surface area contributed by atoms with Crippen LogP contribution < -0.4 is 15.2 Å². The highest BCUT2D eigenvalue weighted by atomic mass is 32.1. The summed E-state index contributed by atoms with van der Waals surface area (Å²) in [5.41, 5.74) is 8.44. The van der Waals surface area contributed by atoms with Crippen molar-refractivity contribution in [2.24, 2.45) is 0 Å².